The quantitative estimate of drug-likeness (QED) is 0.810. The lowest BCUT2D eigenvalue weighted by Gasteiger charge is -2.11. The standard InChI is InChI=1S/C13H26N4/c1-10(9-14)8-13-11(2)15-17(12(13)3)7-6-16(4)5/h10H,6-9,14H2,1-5H3. The van der Waals surface area contributed by atoms with E-state index in [0.29, 0.717) is 5.92 Å². The molecule has 4 nitrogen and oxygen atoms in total. The van der Waals surface area contributed by atoms with E-state index < -0.39 is 0 Å². The molecule has 0 bridgehead atoms. The van der Waals surface area contributed by atoms with Gasteiger partial charge in [0.25, 0.3) is 0 Å². The van der Waals surface area contributed by atoms with Gasteiger partial charge in [0.2, 0.25) is 0 Å². The molecule has 1 aromatic heterocycles. The largest absolute Gasteiger partial charge is 0.330 e. The van der Waals surface area contributed by atoms with E-state index in [1.54, 1.807) is 0 Å². The molecule has 1 aromatic rings. The molecule has 0 fully saturated rings. The molecule has 4 heteroatoms. The number of nitrogens with zero attached hydrogens (tertiary/aromatic N) is 3. The normalized spacial score (nSPS) is 13.4. The molecule has 0 spiro atoms. The summed E-state index contributed by atoms with van der Waals surface area (Å²) in [6.45, 7) is 9.16. The maximum atomic E-state index is 5.69. The van der Waals surface area contributed by atoms with E-state index in [1.807, 2.05) is 0 Å². The van der Waals surface area contributed by atoms with Crippen molar-refractivity contribution in [2.45, 2.75) is 33.7 Å². The fraction of sp³-hybridized carbons (Fsp3) is 0.769. The van der Waals surface area contributed by atoms with Gasteiger partial charge in [-0.25, -0.2) is 0 Å². The third-order valence-corrected chi connectivity index (χ3v) is 3.25. The van der Waals surface area contributed by atoms with Crippen molar-refractivity contribution in [3.05, 3.63) is 17.0 Å². The highest BCUT2D eigenvalue weighted by Crippen LogP contribution is 2.17. The number of rotatable bonds is 6. The van der Waals surface area contributed by atoms with Crippen molar-refractivity contribution in [3.63, 3.8) is 0 Å². The number of nitrogens with two attached hydrogens (primary N) is 1. The second-order valence-electron chi connectivity index (χ2n) is 5.22. The zero-order valence-corrected chi connectivity index (χ0v) is 11.8. The van der Waals surface area contributed by atoms with Crippen molar-refractivity contribution in [2.24, 2.45) is 11.7 Å². The Morgan fingerprint density at radius 3 is 2.53 bits per heavy atom. The van der Waals surface area contributed by atoms with Gasteiger partial charge in [-0.05, 0) is 52.4 Å². The number of aromatic nitrogens is 2. The highest BCUT2D eigenvalue weighted by Gasteiger charge is 2.13. The Morgan fingerprint density at radius 2 is 2.00 bits per heavy atom. The summed E-state index contributed by atoms with van der Waals surface area (Å²) in [5, 5.41) is 4.62. The minimum Gasteiger partial charge on any atom is -0.330 e. The molecule has 0 saturated heterocycles. The SMILES string of the molecule is Cc1nn(CCN(C)C)c(C)c1CC(C)CN. The summed E-state index contributed by atoms with van der Waals surface area (Å²) in [6, 6.07) is 0. The van der Waals surface area contributed by atoms with Crippen LogP contribution in [0.5, 0.6) is 0 Å². The van der Waals surface area contributed by atoms with Gasteiger partial charge in [-0.1, -0.05) is 6.92 Å². The Labute approximate surface area is 105 Å². The van der Waals surface area contributed by atoms with Crippen LogP contribution in [0.15, 0.2) is 0 Å². The van der Waals surface area contributed by atoms with Crippen molar-refractivity contribution in [1.29, 1.82) is 0 Å². The van der Waals surface area contributed by atoms with Gasteiger partial charge in [0.05, 0.1) is 12.2 Å². The van der Waals surface area contributed by atoms with E-state index >= 15 is 0 Å². The third kappa shape index (κ3) is 3.82. The molecule has 1 heterocycles. The smallest absolute Gasteiger partial charge is 0.0628 e. The van der Waals surface area contributed by atoms with Crippen molar-refractivity contribution in [1.82, 2.24) is 14.7 Å². The van der Waals surface area contributed by atoms with Crippen molar-refractivity contribution in [2.75, 3.05) is 27.2 Å². The molecule has 0 aromatic carbocycles. The Bertz CT molecular complexity index is 355. The van der Waals surface area contributed by atoms with Crippen LogP contribution in [0.4, 0.5) is 0 Å². The molecule has 2 N–H and O–H groups in total. The van der Waals surface area contributed by atoms with Gasteiger partial charge in [-0.15, -0.1) is 0 Å². The lowest BCUT2D eigenvalue weighted by molar-refractivity contribution is 0.370. The van der Waals surface area contributed by atoms with E-state index in [1.165, 1.54) is 11.3 Å². The van der Waals surface area contributed by atoms with E-state index in [0.717, 1.165) is 31.7 Å². The maximum absolute atomic E-state index is 5.69. The van der Waals surface area contributed by atoms with Crippen LogP contribution in [0.3, 0.4) is 0 Å². The zero-order chi connectivity index (χ0) is 13.0. The summed E-state index contributed by atoms with van der Waals surface area (Å²) in [4.78, 5) is 2.18. The number of aryl methyl sites for hydroxylation is 1. The minimum absolute atomic E-state index is 0.527. The highest BCUT2D eigenvalue weighted by molar-refractivity contribution is 5.25. The number of hydrogen-bond acceptors (Lipinski definition) is 3. The first-order chi connectivity index (χ1) is 7.95. The average molecular weight is 238 g/mol. The topological polar surface area (TPSA) is 47.1 Å². The first kappa shape index (κ1) is 14.2. The highest BCUT2D eigenvalue weighted by atomic mass is 15.3. The molecular weight excluding hydrogens is 212 g/mol. The maximum Gasteiger partial charge on any atom is 0.0628 e. The fourth-order valence-electron chi connectivity index (χ4n) is 1.97. The van der Waals surface area contributed by atoms with Crippen molar-refractivity contribution < 1.29 is 0 Å². The summed E-state index contributed by atoms with van der Waals surface area (Å²) in [5.41, 5.74) is 9.52. The molecule has 0 aliphatic rings. The summed E-state index contributed by atoms with van der Waals surface area (Å²) in [7, 11) is 4.17. The van der Waals surface area contributed by atoms with Crippen LogP contribution >= 0.6 is 0 Å². The lowest BCUT2D eigenvalue weighted by atomic mass is 10.00. The van der Waals surface area contributed by atoms with Crippen LogP contribution in [-0.2, 0) is 13.0 Å². The van der Waals surface area contributed by atoms with Gasteiger partial charge in [-0.3, -0.25) is 4.68 Å². The molecule has 0 amide bonds. The summed E-state index contributed by atoms with van der Waals surface area (Å²) < 4.78 is 2.12. The van der Waals surface area contributed by atoms with Gasteiger partial charge < -0.3 is 10.6 Å². The molecule has 0 radical (unpaired) electrons. The molecular formula is C13H26N4. The van der Waals surface area contributed by atoms with Gasteiger partial charge in [0, 0.05) is 12.2 Å². The second-order valence-corrected chi connectivity index (χ2v) is 5.22. The molecule has 1 unspecified atom stereocenters. The Kier molecular flexibility index (Phi) is 5.15. The van der Waals surface area contributed by atoms with E-state index in [9.17, 15) is 0 Å². The molecule has 0 aliphatic heterocycles. The van der Waals surface area contributed by atoms with Crippen LogP contribution in [-0.4, -0.2) is 41.9 Å². The van der Waals surface area contributed by atoms with Gasteiger partial charge >= 0.3 is 0 Å². The predicted octanol–water partition coefficient (Wildman–Crippen LogP) is 1.20. The van der Waals surface area contributed by atoms with Crippen molar-refractivity contribution in [3.8, 4) is 0 Å². The zero-order valence-electron chi connectivity index (χ0n) is 11.8. The number of likely N-dealkylation sites (N-methyl/N-ethyl adjacent to an activating group) is 1. The molecule has 0 saturated carbocycles. The first-order valence-corrected chi connectivity index (χ1v) is 6.33. The average Bonchev–Trinajstić information content (AvgIpc) is 2.53. The van der Waals surface area contributed by atoms with E-state index in [4.69, 9.17) is 5.73 Å². The Balaban J connectivity index is 2.78. The fourth-order valence-corrected chi connectivity index (χ4v) is 1.97. The second kappa shape index (κ2) is 6.17. The summed E-state index contributed by atoms with van der Waals surface area (Å²) in [6.07, 6.45) is 1.04. The third-order valence-electron chi connectivity index (χ3n) is 3.25. The van der Waals surface area contributed by atoms with Crippen LogP contribution in [0.2, 0.25) is 0 Å². The molecule has 98 valence electrons. The molecule has 1 atom stereocenters. The van der Waals surface area contributed by atoms with Crippen molar-refractivity contribution >= 4 is 0 Å². The van der Waals surface area contributed by atoms with Crippen LogP contribution < -0.4 is 5.73 Å². The molecule has 17 heavy (non-hydrogen) atoms. The van der Waals surface area contributed by atoms with Crippen LogP contribution in [0.1, 0.15) is 23.9 Å². The van der Waals surface area contributed by atoms with Gasteiger partial charge in [-0.2, -0.15) is 5.10 Å². The van der Waals surface area contributed by atoms with E-state index in [-0.39, 0.29) is 0 Å². The van der Waals surface area contributed by atoms with Crippen LogP contribution in [0.25, 0.3) is 0 Å². The Morgan fingerprint density at radius 1 is 1.35 bits per heavy atom. The molecule has 0 aliphatic carbocycles. The van der Waals surface area contributed by atoms with Gasteiger partial charge in [0.1, 0.15) is 0 Å². The van der Waals surface area contributed by atoms with Crippen LogP contribution in [0, 0.1) is 19.8 Å². The van der Waals surface area contributed by atoms with E-state index in [2.05, 4.69) is 49.5 Å². The first-order valence-electron chi connectivity index (χ1n) is 6.33. The monoisotopic (exact) mass is 238 g/mol. The van der Waals surface area contributed by atoms with Gasteiger partial charge in [0.15, 0.2) is 0 Å². The minimum atomic E-state index is 0.527. The Hall–Kier alpha value is -0.870. The lowest BCUT2D eigenvalue weighted by Crippen LogP contribution is -2.20. The number of hydrogen-bond donors (Lipinski definition) is 1. The predicted molar refractivity (Wildman–Crippen MR) is 72.2 cm³/mol. The summed E-state index contributed by atoms with van der Waals surface area (Å²) >= 11 is 0. The molecule has 1 rings (SSSR count). The summed E-state index contributed by atoms with van der Waals surface area (Å²) in [5.74, 6) is 0.527.